The number of nitrogens with zero attached hydrogens (tertiary/aromatic N) is 3. The maximum atomic E-state index is 4.75. The van der Waals surface area contributed by atoms with E-state index < -0.39 is 0 Å². The Labute approximate surface area is 116 Å². The van der Waals surface area contributed by atoms with Gasteiger partial charge in [0.2, 0.25) is 5.95 Å². The van der Waals surface area contributed by atoms with Crippen molar-refractivity contribution in [3.05, 3.63) is 11.9 Å². The number of rotatable bonds is 3. The van der Waals surface area contributed by atoms with Gasteiger partial charge in [-0.15, -0.1) is 0 Å². The molecular formula is C15H26N4. The molecule has 2 saturated heterocycles. The summed E-state index contributed by atoms with van der Waals surface area (Å²) < 4.78 is 2.19. The average Bonchev–Trinajstić information content (AvgIpc) is 3.08. The van der Waals surface area contributed by atoms with E-state index in [1.54, 1.807) is 0 Å². The number of hydrogen-bond acceptors (Lipinski definition) is 3. The molecule has 1 atom stereocenters. The molecule has 0 radical (unpaired) electrons. The largest absolute Gasteiger partial charge is 0.342 e. The van der Waals surface area contributed by atoms with Crippen molar-refractivity contribution < 1.29 is 0 Å². The summed E-state index contributed by atoms with van der Waals surface area (Å²) in [6.45, 7) is 5.72. The van der Waals surface area contributed by atoms with Crippen LogP contribution in [0.1, 0.15) is 38.3 Å². The Bertz CT molecular complexity index is 412. The topological polar surface area (TPSA) is 33.1 Å². The first kappa shape index (κ1) is 13.0. The van der Waals surface area contributed by atoms with Crippen molar-refractivity contribution in [3.8, 4) is 0 Å². The van der Waals surface area contributed by atoms with Gasteiger partial charge in [-0.25, -0.2) is 4.98 Å². The Morgan fingerprint density at radius 2 is 2.11 bits per heavy atom. The number of anilines is 1. The van der Waals surface area contributed by atoms with Gasteiger partial charge in [-0.05, 0) is 44.6 Å². The smallest absolute Gasteiger partial charge is 0.205 e. The maximum absolute atomic E-state index is 4.75. The van der Waals surface area contributed by atoms with Gasteiger partial charge in [0.25, 0.3) is 0 Å². The Morgan fingerprint density at radius 3 is 2.68 bits per heavy atom. The first-order valence-corrected chi connectivity index (χ1v) is 7.78. The first-order valence-electron chi connectivity index (χ1n) is 7.78. The molecule has 1 aromatic rings. The van der Waals surface area contributed by atoms with E-state index in [-0.39, 0.29) is 0 Å². The molecular weight excluding hydrogens is 236 g/mol. The molecule has 0 aromatic carbocycles. The van der Waals surface area contributed by atoms with Crippen molar-refractivity contribution >= 4 is 5.95 Å². The predicted octanol–water partition coefficient (Wildman–Crippen LogP) is 1.95. The number of piperidine rings is 1. The molecule has 0 bridgehead atoms. The van der Waals surface area contributed by atoms with Crippen molar-refractivity contribution in [2.24, 2.45) is 13.0 Å². The van der Waals surface area contributed by atoms with Crippen molar-refractivity contribution in [1.82, 2.24) is 14.9 Å². The standard InChI is InChI=1S/C15H26N4/c1-3-13-11-18(2)15(17-13)19-9-6-12(7-10-19)14-5-4-8-16-14/h11-12,14,16H,3-10H2,1-2H3. The molecule has 2 fully saturated rings. The van der Waals surface area contributed by atoms with Gasteiger partial charge < -0.3 is 14.8 Å². The second-order valence-corrected chi connectivity index (χ2v) is 6.02. The maximum Gasteiger partial charge on any atom is 0.205 e. The van der Waals surface area contributed by atoms with Crippen LogP contribution in [0.3, 0.4) is 0 Å². The van der Waals surface area contributed by atoms with Crippen LogP contribution in [0.5, 0.6) is 0 Å². The highest BCUT2D eigenvalue weighted by Crippen LogP contribution is 2.27. The van der Waals surface area contributed by atoms with Gasteiger partial charge in [0, 0.05) is 32.4 Å². The molecule has 0 saturated carbocycles. The van der Waals surface area contributed by atoms with Crippen molar-refractivity contribution in [1.29, 1.82) is 0 Å². The van der Waals surface area contributed by atoms with Crippen LogP contribution in [0.2, 0.25) is 0 Å². The van der Waals surface area contributed by atoms with Crippen LogP contribution in [0.15, 0.2) is 6.20 Å². The molecule has 4 heteroatoms. The molecule has 1 N–H and O–H groups in total. The number of imidazole rings is 1. The van der Waals surface area contributed by atoms with Gasteiger partial charge in [-0.1, -0.05) is 6.92 Å². The summed E-state index contributed by atoms with van der Waals surface area (Å²) in [5.74, 6) is 2.04. The van der Waals surface area contributed by atoms with E-state index in [1.807, 2.05) is 0 Å². The lowest BCUT2D eigenvalue weighted by Crippen LogP contribution is -2.41. The van der Waals surface area contributed by atoms with E-state index >= 15 is 0 Å². The summed E-state index contributed by atoms with van der Waals surface area (Å²) in [6.07, 6.45) is 8.56. The minimum absolute atomic E-state index is 0.787. The van der Waals surface area contributed by atoms with E-state index in [0.717, 1.165) is 37.4 Å². The zero-order chi connectivity index (χ0) is 13.2. The molecule has 106 valence electrons. The SMILES string of the molecule is CCc1cn(C)c(N2CCC(C3CCCN3)CC2)n1. The van der Waals surface area contributed by atoms with Gasteiger partial charge >= 0.3 is 0 Å². The van der Waals surface area contributed by atoms with E-state index in [4.69, 9.17) is 4.98 Å². The van der Waals surface area contributed by atoms with Gasteiger partial charge in [0.15, 0.2) is 0 Å². The molecule has 3 rings (SSSR count). The van der Waals surface area contributed by atoms with Crippen LogP contribution < -0.4 is 10.2 Å². The van der Waals surface area contributed by atoms with Gasteiger partial charge in [-0.3, -0.25) is 0 Å². The third-order valence-corrected chi connectivity index (χ3v) is 4.75. The molecule has 0 amide bonds. The molecule has 1 aromatic heterocycles. The normalized spacial score (nSPS) is 25.2. The summed E-state index contributed by atoms with van der Waals surface area (Å²) in [5, 5.41) is 3.67. The fraction of sp³-hybridized carbons (Fsp3) is 0.800. The van der Waals surface area contributed by atoms with Crippen LogP contribution in [0, 0.1) is 5.92 Å². The second-order valence-electron chi connectivity index (χ2n) is 6.02. The summed E-state index contributed by atoms with van der Waals surface area (Å²) in [5.41, 5.74) is 1.21. The number of hydrogen-bond donors (Lipinski definition) is 1. The minimum atomic E-state index is 0.787. The number of aryl methyl sites for hydroxylation is 2. The van der Waals surface area contributed by atoms with Crippen molar-refractivity contribution in [2.75, 3.05) is 24.5 Å². The third kappa shape index (κ3) is 2.64. The second kappa shape index (κ2) is 5.53. The highest BCUT2D eigenvalue weighted by Gasteiger charge is 2.29. The fourth-order valence-electron chi connectivity index (χ4n) is 3.60. The lowest BCUT2D eigenvalue weighted by atomic mass is 9.89. The van der Waals surface area contributed by atoms with E-state index in [0.29, 0.717) is 0 Å². The summed E-state index contributed by atoms with van der Waals surface area (Å²) >= 11 is 0. The van der Waals surface area contributed by atoms with E-state index in [9.17, 15) is 0 Å². The lowest BCUT2D eigenvalue weighted by Gasteiger charge is -2.35. The van der Waals surface area contributed by atoms with E-state index in [2.05, 4.69) is 35.0 Å². The first-order chi connectivity index (χ1) is 9.28. The zero-order valence-electron chi connectivity index (χ0n) is 12.2. The van der Waals surface area contributed by atoms with Crippen LogP contribution in [0.25, 0.3) is 0 Å². The lowest BCUT2D eigenvalue weighted by molar-refractivity contribution is 0.317. The van der Waals surface area contributed by atoms with Gasteiger partial charge in [0.1, 0.15) is 0 Å². The van der Waals surface area contributed by atoms with Crippen LogP contribution >= 0.6 is 0 Å². The molecule has 1 unspecified atom stereocenters. The highest BCUT2D eigenvalue weighted by molar-refractivity contribution is 5.34. The van der Waals surface area contributed by atoms with Crippen LogP contribution in [-0.2, 0) is 13.5 Å². The average molecular weight is 262 g/mol. The quantitative estimate of drug-likeness (QED) is 0.904. The third-order valence-electron chi connectivity index (χ3n) is 4.75. The molecule has 3 heterocycles. The molecule has 0 spiro atoms. The zero-order valence-corrected chi connectivity index (χ0v) is 12.2. The Hall–Kier alpha value is -1.03. The fourth-order valence-corrected chi connectivity index (χ4v) is 3.60. The highest BCUT2D eigenvalue weighted by atomic mass is 15.3. The summed E-state index contributed by atoms with van der Waals surface area (Å²) in [7, 11) is 2.12. The molecule has 0 aliphatic carbocycles. The molecule has 19 heavy (non-hydrogen) atoms. The summed E-state index contributed by atoms with van der Waals surface area (Å²) in [4.78, 5) is 7.21. The number of aromatic nitrogens is 2. The van der Waals surface area contributed by atoms with E-state index in [1.165, 1.54) is 37.9 Å². The minimum Gasteiger partial charge on any atom is -0.342 e. The monoisotopic (exact) mass is 262 g/mol. The molecule has 2 aliphatic rings. The Balaban J connectivity index is 1.61. The molecule has 4 nitrogen and oxygen atoms in total. The number of nitrogens with one attached hydrogen (secondary N) is 1. The predicted molar refractivity (Wildman–Crippen MR) is 78.5 cm³/mol. The van der Waals surface area contributed by atoms with Gasteiger partial charge in [0.05, 0.1) is 5.69 Å². The van der Waals surface area contributed by atoms with Crippen LogP contribution in [0.4, 0.5) is 5.95 Å². The van der Waals surface area contributed by atoms with Gasteiger partial charge in [-0.2, -0.15) is 0 Å². The van der Waals surface area contributed by atoms with Crippen LogP contribution in [-0.4, -0.2) is 35.2 Å². The Kier molecular flexibility index (Phi) is 3.78. The molecule has 2 aliphatic heterocycles. The van der Waals surface area contributed by atoms with Crippen molar-refractivity contribution in [2.45, 2.75) is 45.1 Å². The summed E-state index contributed by atoms with van der Waals surface area (Å²) in [6, 6.07) is 0.787. The van der Waals surface area contributed by atoms with Crippen molar-refractivity contribution in [3.63, 3.8) is 0 Å². The Morgan fingerprint density at radius 1 is 1.32 bits per heavy atom.